The molecule has 0 unspecified atom stereocenters. The number of hydrogen-bond acceptors (Lipinski definition) is 3. The molecule has 0 spiro atoms. The summed E-state index contributed by atoms with van der Waals surface area (Å²) < 4.78 is 0. The van der Waals surface area contributed by atoms with Gasteiger partial charge >= 0.3 is 0 Å². The number of nitrogens with zero attached hydrogens (tertiary/aromatic N) is 1. The van der Waals surface area contributed by atoms with Gasteiger partial charge in [-0.05, 0) is 23.9 Å². The number of thiophene rings is 1. The van der Waals surface area contributed by atoms with Gasteiger partial charge in [0.15, 0.2) is 0 Å². The lowest BCUT2D eigenvalue weighted by Gasteiger charge is -2.18. The second-order valence-corrected chi connectivity index (χ2v) is 4.74. The smallest absolute Gasteiger partial charge is 0.264 e. The van der Waals surface area contributed by atoms with Crippen molar-refractivity contribution in [2.24, 2.45) is 0 Å². The molecule has 0 radical (unpaired) electrons. The van der Waals surface area contributed by atoms with Gasteiger partial charge in [0.1, 0.15) is 0 Å². The predicted molar refractivity (Wildman–Crippen MR) is 62.6 cm³/mol. The van der Waals surface area contributed by atoms with Crippen LogP contribution in [0.3, 0.4) is 0 Å². The summed E-state index contributed by atoms with van der Waals surface area (Å²) in [6.45, 7) is 3.60. The number of carbonyl (C=O) groups excluding carboxylic acids is 2. The molecule has 4 nitrogen and oxygen atoms in total. The molecule has 5 heteroatoms. The first-order valence-electron chi connectivity index (χ1n) is 5.28. The highest BCUT2D eigenvalue weighted by molar-refractivity contribution is 7.12. The van der Waals surface area contributed by atoms with Crippen LogP contribution in [0.15, 0.2) is 11.4 Å². The average Bonchev–Trinajstić information content (AvgIpc) is 2.56. The molecule has 0 saturated carbocycles. The van der Waals surface area contributed by atoms with Crippen molar-refractivity contribution in [2.75, 3.05) is 19.6 Å². The highest BCUT2D eigenvalue weighted by Gasteiger charge is 2.21. The summed E-state index contributed by atoms with van der Waals surface area (Å²) in [5.74, 6) is 0.0715. The molecule has 1 aliphatic rings. The molecule has 2 heterocycles. The molecule has 1 saturated heterocycles. The lowest BCUT2D eigenvalue weighted by molar-refractivity contribution is -0.120. The van der Waals surface area contributed by atoms with Gasteiger partial charge < -0.3 is 10.2 Å². The predicted octanol–water partition coefficient (Wildman–Crippen LogP) is 1.02. The van der Waals surface area contributed by atoms with E-state index in [-0.39, 0.29) is 11.8 Å². The molecular formula is C11H14N2O2S. The Bertz CT molecular complexity index is 414. The van der Waals surface area contributed by atoms with E-state index in [0.717, 1.165) is 10.4 Å². The van der Waals surface area contributed by atoms with Gasteiger partial charge in [0.2, 0.25) is 5.91 Å². The topological polar surface area (TPSA) is 49.4 Å². The summed E-state index contributed by atoms with van der Waals surface area (Å²) in [5, 5.41) is 4.68. The van der Waals surface area contributed by atoms with Crippen LogP contribution in [0.4, 0.5) is 0 Å². The van der Waals surface area contributed by atoms with E-state index in [1.54, 1.807) is 4.90 Å². The Labute approximate surface area is 98.3 Å². The van der Waals surface area contributed by atoms with Crippen molar-refractivity contribution in [3.63, 3.8) is 0 Å². The third-order valence-electron chi connectivity index (χ3n) is 2.66. The molecule has 1 aromatic rings. The third kappa shape index (κ3) is 2.24. The van der Waals surface area contributed by atoms with E-state index in [9.17, 15) is 9.59 Å². The molecule has 2 rings (SSSR count). The maximum Gasteiger partial charge on any atom is 0.264 e. The summed E-state index contributed by atoms with van der Waals surface area (Å²) in [6.07, 6.45) is 0.399. The van der Waals surface area contributed by atoms with Gasteiger partial charge in [0.25, 0.3) is 5.91 Å². The van der Waals surface area contributed by atoms with E-state index < -0.39 is 0 Å². The van der Waals surface area contributed by atoms with Crippen LogP contribution in [0, 0.1) is 6.92 Å². The van der Waals surface area contributed by atoms with Crippen molar-refractivity contribution in [2.45, 2.75) is 13.3 Å². The van der Waals surface area contributed by atoms with Crippen LogP contribution in [0.2, 0.25) is 0 Å². The molecule has 0 bridgehead atoms. The van der Waals surface area contributed by atoms with Gasteiger partial charge in [-0.3, -0.25) is 9.59 Å². The van der Waals surface area contributed by atoms with Crippen molar-refractivity contribution in [3.8, 4) is 0 Å². The van der Waals surface area contributed by atoms with Crippen molar-refractivity contribution >= 4 is 23.2 Å². The number of hydrogen-bond donors (Lipinski definition) is 1. The first-order valence-corrected chi connectivity index (χ1v) is 6.16. The minimum absolute atomic E-state index is 0.0261. The van der Waals surface area contributed by atoms with E-state index in [2.05, 4.69) is 5.32 Å². The molecule has 1 aromatic heterocycles. The Morgan fingerprint density at radius 3 is 3.00 bits per heavy atom. The Balaban J connectivity index is 2.10. The Hall–Kier alpha value is -1.36. The highest BCUT2D eigenvalue weighted by atomic mass is 32.1. The maximum atomic E-state index is 12.1. The van der Waals surface area contributed by atoms with E-state index >= 15 is 0 Å². The van der Waals surface area contributed by atoms with Crippen molar-refractivity contribution in [1.82, 2.24) is 10.2 Å². The fraction of sp³-hybridized carbons (Fsp3) is 0.455. The lowest BCUT2D eigenvalue weighted by atomic mass is 10.2. The average molecular weight is 238 g/mol. The van der Waals surface area contributed by atoms with Gasteiger partial charge in [0, 0.05) is 26.1 Å². The molecule has 0 aromatic carbocycles. The minimum atomic E-state index is 0.0261. The number of aryl methyl sites for hydroxylation is 1. The Morgan fingerprint density at radius 2 is 2.31 bits per heavy atom. The molecule has 86 valence electrons. The van der Waals surface area contributed by atoms with Crippen LogP contribution in [0.5, 0.6) is 0 Å². The zero-order valence-electron chi connectivity index (χ0n) is 9.16. The van der Waals surface area contributed by atoms with Crippen LogP contribution < -0.4 is 5.32 Å². The zero-order valence-corrected chi connectivity index (χ0v) is 9.97. The normalized spacial score (nSPS) is 16.8. The molecule has 0 aliphatic carbocycles. The van der Waals surface area contributed by atoms with E-state index in [0.29, 0.717) is 26.1 Å². The van der Waals surface area contributed by atoms with Crippen LogP contribution in [0.1, 0.15) is 21.7 Å². The maximum absolute atomic E-state index is 12.1. The number of rotatable bonds is 1. The number of nitrogens with one attached hydrogen (secondary N) is 1. The van der Waals surface area contributed by atoms with Crippen molar-refractivity contribution in [1.29, 1.82) is 0 Å². The fourth-order valence-electron chi connectivity index (χ4n) is 1.71. The van der Waals surface area contributed by atoms with Crippen LogP contribution in [0.25, 0.3) is 0 Å². The molecule has 0 atom stereocenters. The summed E-state index contributed by atoms with van der Waals surface area (Å²) in [4.78, 5) is 25.8. The molecule has 1 aliphatic heterocycles. The van der Waals surface area contributed by atoms with Crippen LogP contribution in [-0.2, 0) is 4.79 Å². The van der Waals surface area contributed by atoms with Gasteiger partial charge in [-0.15, -0.1) is 11.3 Å². The largest absolute Gasteiger partial charge is 0.354 e. The Kier molecular flexibility index (Phi) is 3.24. The third-order valence-corrected chi connectivity index (χ3v) is 3.66. The number of amides is 2. The monoisotopic (exact) mass is 238 g/mol. The fourth-order valence-corrected chi connectivity index (χ4v) is 2.60. The Morgan fingerprint density at radius 1 is 1.50 bits per heavy atom. The van der Waals surface area contributed by atoms with E-state index in [1.165, 1.54) is 11.3 Å². The van der Waals surface area contributed by atoms with Gasteiger partial charge in [-0.25, -0.2) is 0 Å². The first kappa shape index (κ1) is 11.1. The summed E-state index contributed by atoms with van der Waals surface area (Å²) in [7, 11) is 0. The van der Waals surface area contributed by atoms with Crippen molar-refractivity contribution in [3.05, 3.63) is 21.9 Å². The minimum Gasteiger partial charge on any atom is -0.354 e. The second kappa shape index (κ2) is 4.65. The first-order chi connectivity index (χ1) is 7.68. The van der Waals surface area contributed by atoms with E-state index in [4.69, 9.17) is 0 Å². The molecular weight excluding hydrogens is 224 g/mol. The van der Waals surface area contributed by atoms with Gasteiger partial charge in [-0.1, -0.05) is 0 Å². The molecule has 2 amide bonds. The molecule has 1 fully saturated rings. The van der Waals surface area contributed by atoms with Crippen molar-refractivity contribution < 1.29 is 9.59 Å². The summed E-state index contributed by atoms with van der Waals surface area (Å²) in [5.41, 5.74) is 1.01. The van der Waals surface area contributed by atoms with Gasteiger partial charge in [-0.2, -0.15) is 0 Å². The highest BCUT2D eigenvalue weighted by Crippen LogP contribution is 2.18. The quantitative estimate of drug-likeness (QED) is 0.794. The molecule has 1 N–H and O–H groups in total. The van der Waals surface area contributed by atoms with Crippen LogP contribution in [-0.4, -0.2) is 36.3 Å². The summed E-state index contributed by atoms with van der Waals surface area (Å²) >= 11 is 1.46. The second-order valence-electron chi connectivity index (χ2n) is 3.82. The van der Waals surface area contributed by atoms with E-state index in [1.807, 2.05) is 18.4 Å². The lowest BCUT2D eigenvalue weighted by Crippen LogP contribution is -2.34. The zero-order chi connectivity index (χ0) is 11.5. The SMILES string of the molecule is Cc1ccsc1C(=O)N1CCNC(=O)CC1. The van der Waals surface area contributed by atoms with Crippen LogP contribution >= 0.6 is 11.3 Å². The summed E-state index contributed by atoms with van der Waals surface area (Å²) in [6, 6.07) is 1.94. The number of carbonyl (C=O) groups is 2. The van der Waals surface area contributed by atoms with Gasteiger partial charge in [0.05, 0.1) is 4.88 Å². The molecule has 16 heavy (non-hydrogen) atoms. The standard InChI is InChI=1S/C11H14N2O2S/c1-8-3-7-16-10(8)11(15)13-5-2-9(14)12-4-6-13/h3,7H,2,4-6H2,1H3,(H,12,14).